The van der Waals surface area contributed by atoms with E-state index in [1.54, 1.807) is 0 Å². The second-order valence-corrected chi connectivity index (χ2v) is 22.1. The van der Waals surface area contributed by atoms with E-state index in [0.717, 1.165) is 38.5 Å². The number of unbranched alkanes of at least 4 members (excludes halogenated alkanes) is 47. The molecule has 0 saturated carbocycles. The van der Waals surface area contributed by atoms with Crippen molar-refractivity contribution < 1.29 is 24.5 Å². The van der Waals surface area contributed by atoms with Gasteiger partial charge >= 0.3 is 5.97 Å². The summed E-state index contributed by atoms with van der Waals surface area (Å²) in [6.07, 6.45) is 72.2. The van der Waals surface area contributed by atoms with Gasteiger partial charge in [0.15, 0.2) is 0 Å². The van der Waals surface area contributed by atoms with E-state index in [1.165, 1.54) is 289 Å². The zero-order valence-corrected chi connectivity index (χ0v) is 47.5. The summed E-state index contributed by atoms with van der Waals surface area (Å²) in [7, 11) is 0. The molecule has 416 valence electrons. The van der Waals surface area contributed by atoms with Gasteiger partial charge in [0, 0.05) is 12.8 Å². The Kier molecular flexibility index (Phi) is 59.0. The summed E-state index contributed by atoms with van der Waals surface area (Å²) in [6, 6.07) is -0.548. The van der Waals surface area contributed by atoms with Gasteiger partial charge in [-0.15, -0.1) is 0 Å². The fourth-order valence-corrected chi connectivity index (χ4v) is 10.2. The topological polar surface area (TPSA) is 95.9 Å². The highest BCUT2D eigenvalue weighted by Crippen LogP contribution is 2.18. The number of carbonyl (C=O) groups excluding carboxylic acids is 2. The van der Waals surface area contributed by atoms with Crippen LogP contribution in [0.5, 0.6) is 0 Å². The summed E-state index contributed by atoms with van der Waals surface area (Å²) in [5, 5.41) is 23.3. The third kappa shape index (κ3) is 55.9. The van der Waals surface area contributed by atoms with Crippen molar-refractivity contribution in [2.45, 2.75) is 373 Å². The molecule has 6 heteroatoms. The van der Waals surface area contributed by atoms with E-state index >= 15 is 0 Å². The van der Waals surface area contributed by atoms with Gasteiger partial charge in [-0.05, 0) is 51.4 Å². The van der Waals surface area contributed by atoms with Crippen LogP contribution in [0.2, 0.25) is 0 Å². The third-order valence-electron chi connectivity index (χ3n) is 15.1. The maximum atomic E-state index is 12.5. The molecule has 0 aliphatic heterocycles. The minimum absolute atomic E-state index is 0.00836. The molecular weight excluding hydrogens is 863 g/mol. The van der Waals surface area contributed by atoms with Crippen LogP contribution < -0.4 is 5.32 Å². The first-order chi connectivity index (χ1) is 34.5. The van der Waals surface area contributed by atoms with Gasteiger partial charge in [0.2, 0.25) is 5.91 Å². The molecule has 0 aliphatic carbocycles. The van der Waals surface area contributed by atoms with Gasteiger partial charge in [0.05, 0.1) is 25.4 Å². The minimum Gasteiger partial charge on any atom is -0.466 e. The van der Waals surface area contributed by atoms with Crippen molar-refractivity contribution >= 4 is 11.9 Å². The van der Waals surface area contributed by atoms with E-state index in [9.17, 15) is 19.8 Å². The van der Waals surface area contributed by atoms with Crippen LogP contribution in [0.3, 0.4) is 0 Å². The van der Waals surface area contributed by atoms with Crippen molar-refractivity contribution in [3.05, 3.63) is 12.2 Å². The Morgan fingerprint density at radius 3 is 1.01 bits per heavy atom. The molecule has 2 unspecified atom stereocenters. The molecule has 1 amide bonds. The fourth-order valence-electron chi connectivity index (χ4n) is 10.2. The Bertz CT molecular complexity index is 1050. The van der Waals surface area contributed by atoms with Crippen LogP contribution in [0, 0.1) is 0 Å². The van der Waals surface area contributed by atoms with Crippen molar-refractivity contribution in [2.24, 2.45) is 0 Å². The minimum atomic E-state index is -0.670. The van der Waals surface area contributed by atoms with Crippen molar-refractivity contribution in [1.82, 2.24) is 5.32 Å². The summed E-state index contributed by atoms with van der Waals surface area (Å²) in [5.74, 6) is -0.0327. The summed E-state index contributed by atoms with van der Waals surface area (Å²) in [6.45, 7) is 4.98. The van der Waals surface area contributed by atoms with Crippen LogP contribution in [0.1, 0.15) is 361 Å². The van der Waals surface area contributed by atoms with Crippen LogP contribution >= 0.6 is 0 Å². The van der Waals surface area contributed by atoms with Crippen molar-refractivity contribution in [3.63, 3.8) is 0 Å². The summed E-state index contributed by atoms with van der Waals surface area (Å²) in [4.78, 5) is 24.6. The van der Waals surface area contributed by atoms with Crippen LogP contribution in [0.25, 0.3) is 0 Å². The van der Waals surface area contributed by atoms with E-state index in [-0.39, 0.29) is 18.5 Å². The summed E-state index contributed by atoms with van der Waals surface area (Å²) >= 11 is 0. The Morgan fingerprint density at radius 2 is 0.671 bits per heavy atom. The zero-order chi connectivity index (χ0) is 50.7. The van der Waals surface area contributed by atoms with E-state index in [4.69, 9.17) is 4.74 Å². The second-order valence-electron chi connectivity index (χ2n) is 22.1. The number of hydrogen-bond acceptors (Lipinski definition) is 5. The average Bonchev–Trinajstić information content (AvgIpc) is 3.36. The van der Waals surface area contributed by atoms with Crippen LogP contribution in [-0.4, -0.2) is 47.4 Å². The molecule has 70 heavy (non-hydrogen) atoms. The fraction of sp³-hybridized carbons (Fsp3) is 0.938. The van der Waals surface area contributed by atoms with Gasteiger partial charge in [-0.3, -0.25) is 9.59 Å². The number of allylic oxidation sites excluding steroid dienone is 2. The molecule has 6 nitrogen and oxygen atoms in total. The molecule has 0 saturated heterocycles. The second kappa shape index (κ2) is 60.2. The standard InChI is InChI=1S/C64H125NO5/c1-3-5-7-9-11-13-15-17-19-21-25-28-32-36-40-44-48-52-56-62(67)61(60-66)65-63(68)57-53-49-45-41-37-33-29-26-23-22-24-27-31-35-39-43-47-51-55-59-70-64(69)58-54-50-46-42-38-34-30-20-18-16-14-12-10-8-6-4-2/h22-23,61-62,66-67H,3-21,24-60H2,1-2H3,(H,65,68)/b23-22-. The summed E-state index contributed by atoms with van der Waals surface area (Å²) in [5.41, 5.74) is 0. The zero-order valence-electron chi connectivity index (χ0n) is 47.5. The first-order valence-electron chi connectivity index (χ1n) is 31.9. The lowest BCUT2D eigenvalue weighted by Crippen LogP contribution is -2.45. The number of hydrogen-bond donors (Lipinski definition) is 3. The predicted octanol–water partition coefficient (Wildman–Crippen LogP) is 20.0. The molecule has 0 radical (unpaired) electrons. The highest BCUT2D eigenvalue weighted by atomic mass is 16.5. The Hall–Kier alpha value is -1.40. The molecular formula is C64H125NO5. The van der Waals surface area contributed by atoms with E-state index in [0.29, 0.717) is 25.9 Å². The number of carbonyl (C=O) groups is 2. The van der Waals surface area contributed by atoms with Crippen molar-refractivity contribution in [3.8, 4) is 0 Å². The number of esters is 1. The summed E-state index contributed by atoms with van der Waals surface area (Å²) < 4.78 is 5.49. The number of aliphatic hydroxyl groups excluding tert-OH is 2. The molecule has 0 aliphatic rings. The van der Waals surface area contributed by atoms with Gasteiger partial charge in [0.25, 0.3) is 0 Å². The Balaban J connectivity index is 3.42. The van der Waals surface area contributed by atoms with Crippen LogP contribution in [-0.2, 0) is 14.3 Å². The SMILES string of the molecule is CCCCCCCCCCCCCCCCCCCCC(O)C(CO)NC(=O)CCCCCCCCC/C=C\CCCCCCCCCCOC(=O)CCCCCCCCCCCCCCCCCC. The predicted molar refractivity (Wildman–Crippen MR) is 306 cm³/mol. The van der Waals surface area contributed by atoms with Crippen LogP contribution in [0.4, 0.5) is 0 Å². The number of rotatable bonds is 60. The van der Waals surface area contributed by atoms with Gasteiger partial charge in [-0.25, -0.2) is 0 Å². The molecule has 2 atom stereocenters. The van der Waals surface area contributed by atoms with Gasteiger partial charge in [0.1, 0.15) is 0 Å². The molecule has 0 spiro atoms. The molecule has 0 fully saturated rings. The number of nitrogens with one attached hydrogen (secondary N) is 1. The number of aliphatic hydroxyl groups is 2. The Morgan fingerprint density at radius 1 is 0.386 bits per heavy atom. The first kappa shape index (κ1) is 68.6. The Labute approximate surface area is 438 Å². The highest BCUT2D eigenvalue weighted by Gasteiger charge is 2.20. The van der Waals surface area contributed by atoms with Crippen molar-refractivity contribution in [2.75, 3.05) is 13.2 Å². The van der Waals surface area contributed by atoms with E-state index in [2.05, 4.69) is 31.3 Å². The largest absolute Gasteiger partial charge is 0.466 e. The molecule has 0 aromatic carbocycles. The molecule has 0 rings (SSSR count). The average molecular weight is 989 g/mol. The van der Waals surface area contributed by atoms with Crippen molar-refractivity contribution in [1.29, 1.82) is 0 Å². The molecule has 0 bridgehead atoms. The van der Waals surface area contributed by atoms with Gasteiger partial charge in [-0.2, -0.15) is 0 Å². The monoisotopic (exact) mass is 988 g/mol. The highest BCUT2D eigenvalue weighted by molar-refractivity contribution is 5.76. The normalized spacial score (nSPS) is 12.6. The lowest BCUT2D eigenvalue weighted by molar-refractivity contribution is -0.143. The maximum Gasteiger partial charge on any atom is 0.305 e. The first-order valence-corrected chi connectivity index (χ1v) is 31.9. The number of amides is 1. The van der Waals surface area contributed by atoms with E-state index < -0.39 is 12.1 Å². The van der Waals surface area contributed by atoms with Gasteiger partial charge < -0.3 is 20.3 Å². The molecule has 0 aromatic rings. The molecule has 3 N–H and O–H groups in total. The smallest absolute Gasteiger partial charge is 0.305 e. The number of ether oxygens (including phenoxy) is 1. The molecule has 0 aromatic heterocycles. The lowest BCUT2D eigenvalue weighted by atomic mass is 10.0. The van der Waals surface area contributed by atoms with E-state index in [1.807, 2.05) is 0 Å². The quantitative estimate of drug-likeness (QED) is 0.0321. The van der Waals surface area contributed by atoms with Gasteiger partial charge in [-0.1, -0.05) is 309 Å². The lowest BCUT2D eigenvalue weighted by Gasteiger charge is -2.22. The maximum absolute atomic E-state index is 12.5. The third-order valence-corrected chi connectivity index (χ3v) is 15.1. The van der Waals surface area contributed by atoms with Crippen LogP contribution in [0.15, 0.2) is 12.2 Å². The molecule has 0 heterocycles.